The van der Waals surface area contributed by atoms with E-state index in [2.05, 4.69) is 0 Å². The molecule has 0 aromatic rings. The van der Waals surface area contributed by atoms with E-state index in [1.807, 2.05) is 11.8 Å². The smallest absolute Gasteiger partial charge is 0.0783 e. The maximum absolute atomic E-state index is 10.5. The second-order valence-electron chi connectivity index (χ2n) is 6.38. The molecule has 4 unspecified atom stereocenters. The summed E-state index contributed by atoms with van der Waals surface area (Å²) in [6.45, 7) is 1.71. The summed E-state index contributed by atoms with van der Waals surface area (Å²) < 4.78 is 11.8. The lowest BCUT2D eigenvalue weighted by atomic mass is 9.80. The molecule has 3 aliphatic rings. The Morgan fingerprint density at radius 2 is 2.21 bits per heavy atom. The fraction of sp³-hybridized carbons (Fsp3) is 1.00. The van der Waals surface area contributed by atoms with E-state index >= 15 is 0 Å². The minimum Gasteiger partial charge on any atom is -0.393 e. The van der Waals surface area contributed by atoms with Crippen LogP contribution in [0, 0.1) is 5.92 Å². The van der Waals surface area contributed by atoms with Crippen LogP contribution in [0.1, 0.15) is 44.9 Å². The Balaban J connectivity index is 1.52. The average Bonchev–Trinajstić information content (AvgIpc) is 2.88. The predicted molar refractivity (Wildman–Crippen MR) is 77.6 cm³/mol. The molecular weight excluding hydrogens is 260 g/mol. The summed E-state index contributed by atoms with van der Waals surface area (Å²) in [4.78, 5) is 0. The van der Waals surface area contributed by atoms with Crippen LogP contribution in [0.3, 0.4) is 0 Å². The lowest BCUT2D eigenvalue weighted by molar-refractivity contribution is -0.110. The molecule has 0 amide bonds. The van der Waals surface area contributed by atoms with Crippen LogP contribution >= 0.6 is 11.8 Å². The number of hydrogen-bond donors (Lipinski definition) is 1. The van der Waals surface area contributed by atoms with Crippen LogP contribution in [0.5, 0.6) is 0 Å². The average molecular weight is 286 g/mol. The zero-order valence-electron chi connectivity index (χ0n) is 11.7. The Morgan fingerprint density at radius 1 is 1.26 bits per heavy atom. The van der Waals surface area contributed by atoms with Crippen LogP contribution in [0.25, 0.3) is 0 Å². The van der Waals surface area contributed by atoms with Crippen molar-refractivity contribution >= 4 is 11.8 Å². The van der Waals surface area contributed by atoms with Gasteiger partial charge in [0, 0.05) is 19.0 Å². The van der Waals surface area contributed by atoms with E-state index in [1.165, 1.54) is 25.0 Å². The highest BCUT2D eigenvalue weighted by Crippen LogP contribution is 2.42. The molecular formula is C15H26O3S. The van der Waals surface area contributed by atoms with E-state index < -0.39 is 0 Å². The van der Waals surface area contributed by atoms with Gasteiger partial charge in [-0.2, -0.15) is 11.8 Å². The summed E-state index contributed by atoms with van der Waals surface area (Å²) in [6, 6.07) is 0. The van der Waals surface area contributed by atoms with Crippen LogP contribution in [-0.4, -0.2) is 47.6 Å². The van der Waals surface area contributed by atoms with Crippen molar-refractivity contribution in [3.05, 3.63) is 0 Å². The van der Waals surface area contributed by atoms with E-state index in [4.69, 9.17) is 9.47 Å². The minimum absolute atomic E-state index is 0.0853. The molecule has 0 bridgehead atoms. The molecule has 3 saturated heterocycles. The molecule has 4 atom stereocenters. The van der Waals surface area contributed by atoms with Crippen molar-refractivity contribution in [3.8, 4) is 0 Å². The summed E-state index contributed by atoms with van der Waals surface area (Å²) in [6.07, 6.45) is 7.72. The largest absolute Gasteiger partial charge is 0.393 e. The lowest BCUT2D eigenvalue weighted by Crippen LogP contribution is -2.44. The number of rotatable bonds is 3. The Bertz CT molecular complexity index is 285. The van der Waals surface area contributed by atoms with Crippen molar-refractivity contribution < 1.29 is 14.6 Å². The molecule has 0 aliphatic carbocycles. The van der Waals surface area contributed by atoms with Crippen molar-refractivity contribution in [3.63, 3.8) is 0 Å². The zero-order valence-corrected chi connectivity index (χ0v) is 12.5. The van der Waals surface area contributed by atoms with Gasteiger partial charge in [0.05, 0.1) is 17.8 Å². The monoisotopic (exact) mass is 286 g/mol. The van der Waals surface area contributed by atoms with Gasteiger partial charge in [-0.25, -0.2) is 0 Å². The van der Waals surface area contributed by atoms with E-state index in [0.29, 0.717) is 12.0 Å². The molecule has 3 heterocycles. The van der Waals surface area contributed by atoms with E-state index in [0.717, 1.165) is 44.6 Å². The first-order valence-electron chi connectivity index (χ1n) is 7.79. The first-order valence-corrected chi connectivity index (χ1v) is 8.94. The second-order valence-corrected chi connectivity index (χ2v) is 7.48. The standard InChI is InChI=1S/C15H26O3S/c16-14(9-13-3-1-2-6-17-13)12-4-7-18-15(10-12)5-8-19-11-15/h12-14,16H,1-11H2. The molecule has 1 spiro atoms. The molecule has 4 heteroatoms. The highest BCUT2D eigenvalue weighted by atomic mass is 32.2. The molecule has 0 aromatic carbocycles. The Hall–Kier alpha value is 0.230. The van der Waals surface area contributed by atoms with Gasteiger partial charge in [-0.1, -0.05) is 0 Å². The minimum atomic E-state index is -0.200. The van der Waals surface area contributed by atoms with Crippen LogP contribution in [-0.2, 0) is 9.47 Å². The van der Waals surface area contributed by atoms with Crippen molar-refractivity contribution in [2.24, 2.45) is 5.92 Å². The number of ether oxygens (including phenoxy) is 2. The fourth-order valence-electron chi connectivity index (χ4n) is 3.71. The molecule has 3 aliphatic heterocycles. The molecule has 1 N–H and O–H groups in total. The summed E-state index contributed by atoms with van der Waals surface area (Å²) >= 11 is 2.00. The molecule has 19 heavy (non-hydrogen) atoms. The third-order valence-electron chi connectivity index (χ3n) is 4.92. The summed E-state index contributed by atoms with van der Waals surface area (Å²) in [5.41, 5.74) is 0.0853. The topological polar surface area (TPSA) is 38.7 Å². The highest BCUT2D eigenvalue weighted by molar-refractivity contribution is 7.99. The summed E-state index contributed by atoms with van der Waals surface area (Å²) in [5, 5.41) is 10.5. The molecule has 0 saturated carbocycles. The first kappa shape index (κ1) is 14.2. The first-order chi connectivity index (χ1) is 9.27. The van der Waals surface area contributed by atoms with E-state index in [-0.39, 0.29) is 11.7 Å². The quantitative estimate of drug-likeness (QED) is 0.865. The summed E-state index contributed by atoms with van der Waals surface area (Å²) in [7, 11) is 0. The molecule has 0 aromatic heterocycles. The fourth-order valence-corrected chi connectivity index (χ4v) is 5.09. The van der Waals surface area contributed by atoms with E-state index in [1.54, 1.807) is 0 Å². The van der Waals surface area contributed by atoms with Gasteiger partial charge in [0.25, 0.3) is 0 Å². The number of aliphatic hydroxyl groups excluding tert-OH is 1. The van der Waals surface area contributed by atoms with Crippen LogP contribution < -0.4 is 0 Å². The third-order valence-corrected chi connectivity index (χ3v) is 6.14. The second kappa shape index (κ2) is 6.33. The maximum Gasteiger partial charge on any atom is 0.0783 e. The molecule has 3 fully saturated rings. The van der Waals surface area contributed by atoms with Gasteiger partial charge in [-0.15, -0.1) is 0 Å². The van der Waals surface area contributed by atoms with Gasteiger partial charge in [0.15, 0.2) is 0 Å². The van der Waals surface area contributed by atoms with Crippen molar-refractivity contribution in [1.82, 2.24) is 0 Å². The van der Waals surface area contributed by atoms with Gasteiger partial charge in [0.1, 0.15) is 0 Å². The van der Waals surface area contributed by atoms with Gasteiger partial charge in [-0.05, 0) is 56.6 Å². The lowest BCUT2D eigenvalue weighted by Gasteiger charge is -2.40. The number of aliphatic hydroxyl groups is 1. The Morgan fingerprint density at radius 3 is 2.95 bits per heavy atom. The number of hydrogen-bond acceptors (Lipinski definition) is 4. The van der Waals surface area contributed by atoms with Gasteiger partial charge < -0.3 is 14.6 Å². The Kier molecular flexibility index (Phi) is 4.73. The normalized spacial score (nSPS) is 41.5. The van der Waals surface area contributed by atoms with Crippen LogP contribution in [0.2, 0.25) is 0 Å². The Labute approximate surface area is 120 Å². The third kappa shape index (κ3) is 3.46. The SMILES string of the molecule is OC(CC1CCCCO1)C1CCOC2(CCSC2)C1. The molecule has 0 radical (unpaired) electrons. The molecule has 110 valence electrons. The van der Waals surface area contributed by atoms with Crippen LogP contribution in [0.15, 0.2) is 0 Å². The summed E-state index contributed by atoms with van der Waals surface area (Å²) in [5.74, 6) is 2.75. The van der Waals surface area contributed by atoms with Crippen molar-refractivity contribution in [1.29, 1.82) is 0 Å². The predicted octanol–water partition coefficient (Wildman–Crippen LogP) is 2.61. The maximum atomic E-state index is 10.5. The van der Waals surface area contributed by atoms with E-state index in [9.17, 15) is 5.11 Å². The van der Waals surface area contributed by atoms with Gasteiger partial charge in [-0.3, -0.25) is 0 Å². The zero-order chi connectivity index (χ0) is 13.1. The van der Waals surface area contributed by atoms with Gasteiger partial charge >= 0.3 is 0 Å². The highest BCUT2D eigenvalue weighted by Gasteiger charge is 2.42. The van der Waals surface area contributed by atoms with Gasteiger partial charge in [0.2, 0.25) is 0 Å². The van der Waals surface area contributed by atoms with Crippen molar-refractivity contribution in [2.45, 2.75) is 62.8 Å². The number of thioether (sulfide) groups is 1. The molecule has 3 rings (SSSR count). The van der Waals surface area contributed by atoms with Crippen molar-refractivity contribution in [2.75, 3.05) is 24.7 Å². The van der Waals surface area contributed by atoms with Crippen LogP contribution in [0.4, 0.5) is 0 Å². The molecule has 3 nitrogen and oxygen atoms in total.